The summed E-state index contributed by atoms with van der Waals surface area (Å²) in [5.41, 5.74) is 0. The van der Waals surface area contributed by atoms with Crippen molar-refractivity contribution in [1.29, 1.82) is 0 Å². The van der Waals surface area contributed by atoms with E-state index in [4.69, 9.17) is 15.3 Å². The molecule has 0 amide bonds. The van der Waals surface area contributed by atoms with Gasteiger partial charge in [-0.15, -0.1) is 0 Å². The first-order chi connectivity index (χ1) is 6.99. The van der Waals surface area contributed by atoms with Gasteiger partial charge in [-0.05, 0) is 19.3 Å². The molecule has 6 heteroatoms. The summed E-state index contributed by atoms with van der Waals surface area (Å²) >= 11 is 0. The molecule has 2 unspecified atom stereocenters. The van der Waals surface area contributed by atoms with E-state index in [1.807, 2.05) is 0 Å². The van der Waals surface area contributed by atoms with Gasteiger partial charge >= 0.3 is 11.9 Å². The number of aliphatic carboxylic acids is 2. The van der Waals surface area contributed by atoms with Crippen LogP contribution in [0.1, 0.15) is 25.7 Å². The van der Waals surface area contributed by atoms with E-state index in [-0.39, 0.29) is 13.0 Å². The van der Waals surface area contributed by atoms with Crippen molar-refractivity contribution >= 4 is 11.9 Å². The first-order valence-electron chi connectivity index (χ1n) is 4.72. The highest BCUT2D eigenvalue weighted by Gasteiger charge is 2.28. The van der Waals surface area contributed by atoms with Crippen molar-refractivity contribution in [3.8, 4) is 0 Å². The standard InChI is InChI=1S/C9H16O6/c10-4-2-1-3-7(11)6(9(14)15)5-8(12)13/h6-7,10-11H,1-5H2,(H,12,13)(H,14,15). The average Bonchev–Trinajstić information content (AvgIpc) is 2.13. The molecule has 0 aliphatic carbocycles. The number of carboxylic acid groups (broad SMARTS) is 2. The van der Waals surface area contributed by atoms with Gasteiger partial charge in [-0.3, -0.25) is 9.59 Å². The number of carboxylic acids is 2. The van der Waals surface area contributed by atoms with Crippen molar-refractivity contribution in [2.45, 2.75) is 31.8 Å². The maximum Gasteiger partial charge on any atom is 0.309 e. The molecule has 0 heterocycles. The van der Waals surface area contributed by atoms with E-state index < -0.39 is 30.4 Å². The summed E-state index contributed by atoms with van der Waals surface area (Å²) in [6.45, 7) is -0.0244. The summed E-state index contributed by atoms with van der Waals surface area (Å²) in [6.07, 6.45) is -0.636. The normalized spacial score (nSPS) is 14.5. The van der Waals surface area contributed by atoms with E-state index in [0.717, 1.165) is 0 Å². The Hall–Kier alpha value is -1.14. The minimum Gasteiger partial charge on any atom is -0.481 e. The van der Waals surface area contributed by atoms with Crippen LogP contribution in [-0.4, -0.2) is 45.1 Å². The second-order valence-electron chi connectivity index (χ2n) is 3.33. The molecule has 0 radical (unpaired) electrons. The minimum atomic E-state index is -1.31. The van der Waals surface area contributed by atoms with Gasteiger partial charge in [0.05, 0.1) is 18.4 Å². The van der Waals surface area contributed by atoms with Gasteiger partial charge in [-0.1, -0.05) is 0 Å². The van der Waals surface area contributed by atoms with Crippen LogP contribution in [0.3, 0.4) is 0 Å². The van der Waals surface area contributed by atoms with Gasteiger partial charge in [0.1, 0.15) is 0 Å². The molecule has 0 spiro atoms. The van der Waals surface area contributed by atoms with Crippen molar-refractivity contribution in [3.63, 3.8) is 0 Å². The molecular weight excluding hydrogens is 204 g/mol. The van der Waals surface area contributed by atoms with Crippen molar-refractivity contribution in [2.75, 3.05) is 6.61 Å². The number of hydrogen-bond acceptors (Lipinski definition) is 4. The van der Waals surface area contributed by atoms with Gasteiger partial charge in [0.15, 0.2) is 0 Å². The van der Waals surface area contributed by atoms with E-state index in [1.165, 1.54) is 0 Å². The van der Waals surface area contributed by atoms with Gasteiger partial charge in [0.25, 0.3) is 0 Å². The Bertz CT molecular complexity index is 215. The summed E-state index contributed by atoms with van der Waals surface area (Å²) < 4.78 is 0. The van der Waals surface area contributed by atoms with E-state index in [9.17, 15) is 14.7 Å². The fraction of sp³-hybridized carbons (Fsp3) is 0.778. The maximum atomic E-state index is 10.6. The zero-order valence-electron chi connectivity index (χ0n) is 8.30. The van der Waals surface area contributed by atoms with E-state index in [1.54, 1.807) is 0 Å². The fourth-order valence-corrected chi connectivity index (χ4v) is 1.24. The first kappa shape index (κ1) is 13.9. The molecule has 0 bridgehead atoms. The van der Waals surface area contributed by atoms with Crippen molar-refractivity contribution in [1.82, 2.24) is 0 Å². The summed E-state index contributed by atoms with van der Waals surface area (Å²) in [5.74, 6) is -3.83. The lowest BCUT2D eigenvalue weighted by atomic mass is 9.95. The Morgan fingerprint density at radius 2 is 1.73 bits per heavy atom. The van der Waals surface area contributed by atoms with Gasteiger partial charge in [-0.2, -0.15) is 0 Å². The van der Waals surface area contributed by atoms with Crippen LogP contribution in [0.4, 0.5) is 0 Å². The van der Waals surface area contributed by atoms with Crippen molar-refractivity contribution in [2.24, 2.45) is 5.92 Å². The molecule has 4 N–H and O–H groups in total. The summed E-state index contributed by atoms with van der Waals surface area (Å²) in [6, 6.07) is 0. The van der Waals surface area contributed by atoms with Gasteiger partial charge < -0.3 is 20.4 Å². The molecule has 0 saturated carbocycles. The lowest BCUT2D eigenvalue weighted by Gasteiger charge is -2.16. The highest BCUT2D eigenvalue weighted by Crippen LogP contribution is 2.15. The van der Waals surface area contributed by atoms with Gasteiger partial charge in [-0.25, -0.2) is 0 Å². The third kappa shape index (κ3) is 6.03. The van der Waals surface area contributed by atoms with E-state index in [0.29, 0.717) is 12.8 Å². The number of hydrogen-bond donors (Lipinski definition) is 4. The molecule has 0 saturated heterocycles. The molecule has 6 nitrogen and oxygen atoms in total. The molecule has 15 heavy (non-hydrogen) atoms. The zero-order valence-corrected chi connectivity index (χ0v) is 8.30. The first-order valence-corrected chi connectivity index (χ1v) is 4.72. The third-order valence-electron chi connectivity index (χ3n) is 2.08. The SMILES string of the molecule is O=C(O)CC(C(=O)O)C(O)CCCCO. The summed E-state index contributed by atoms with van der Waals surface area (Å²) in [5, 5.41) is 35.0. The van der Waals surface area contributed by atoms with Crippen LogP contribution in [-0.2, 0) is 9.59 Å². The molecule has 0 aliphatic rings. The number of unbranched alkanes of at least 4 members (excludes halogenated alkanes) is 1. The molecule has 0 aromatic carbocycles. The summed E-state index contributed by atoms with van der Waals surface area (Å²) in [4.78, 5) is 21.0. The second kappa shape index (κ2) is 7.19. The Labute approximate surface area is 87.2 Å². The lowest BCUT2D eigenvalue weighted by molar-refractivity contribution is -0.152. The fourth-order valence-electron chi connectivity index (χ4n) is 1.24. The largest absolute Gasteiger partial charge is 0.481 e. The lowest BCUT2D eigenvalue weighted by Crippen LogP contribution is -2.30. The number of aliphatic hydroxyl groups is 2. The van der Waals surface area contributed by atoms with Gasteiger partial charge in [0.2, 0.25) is 0 Å². The molecule has 0 aromatic rings. The molecule has 88 valence electrons. The highest BCUT2D eigenvalue weighted by atomic mass is 16.4. The Morgan fingerprint density at radius 1 is 1.13 bits per heavy atom. The smallest absolute Gasteiger partial charge is 0.309 e. The van der Waals surface area contributed by atoms with Crippen LogP contribution in [0.15, 0.2) is 0 Å². The molecule has 0 fully saturated rings. The quantitative estimate of drug-likeness (QED) is 0.417. The maximum absolute atomic E-state index is 10.6. The van der Waals surface area contributed by atoms with Crippen LogP contribution < -0.4 is 0 Å². The Morgan fingerprint density at radius 3 is 2.13 bits per heavy atom. The van der Waals surface area contributed by atoms with Crippen LogP contribution in [0.5, 0.6) is 0 Å². The highest BCUT2D eigenvalue weighted by molar-refractivity contribution is 5.78. The van der Waals surface area contributed by atoms with Crippen LogP contribution >= 0.6 is 0 Å². The molecule has 0 rings (SSSR count). The van der Waals surface area contributed by atoms with Gasteiger partial charge in [0, 0.05) is 6.61 Å². The number of rotatable bonds is 8. The van der Waals surface area contributed by atoms with Crippen molar-refractivity contribution < 1.29 is 30.0 Å². The monoisotopic (exact) mass is 220 g/mol. The molecule has 2 atom stereocenters. The summed E-state index contributed by atoms with van der Waals surface area (Å²) in [7, 11) is 0. The minimum absolute atomic E-state index is 0.0244. The third-order valence-corrected chi connectivity index (χ3v) is 2.08. The Kier molecular flexibility index (Phi) is 6.64. The van der Waals surface area contributed by atoms with Crippen molar-refractivity contribution in [3.05, 3.63) is 0 Å². The predicted molar refractivity (Wildman–Crippen MR) is 50.3 cm³/mol. The topological polar surface area (TPSA) is 115 Å². The van der Waals surface area contributed by atoms with Crippen LogP contribution in [0.25, 0.3) is 0 Å². The second-order valence-corrected chi connectivity index (χ2v) is 3.33. The number of carbonyl (C=O) groups is 2. The molecule has 0 aromatic heterocycles. The predicted octanol–water partition coefficient (Wildman–Crippen LogP) is -0.315. The van der Waals surface area contributed by atoms with Crippen LogP contribution in [0, 0.1) is 5.92 Å². The molecular formula is C9H16O6. The number of aliphatic hydroxyl groups excluding tert-OH is 2. The molecule has 0 aliphatic heterocycles. The average molecular weight is 220 g/mol. The van der Waals surface area contributed by atoms with E-state index >= 15 is 0 Å². The van der Waals surface area contributed by atoms with Crippen LogP contribution in [0.2, 0.25) is 0 Å². The zero-order chi connectivity index (χ0) is 11.8. The van der Waals surface area contributed by atoms with E-state index in [2.05, 4.69) is 0 Å². The Balaban J connectivity index is 4.10.